The molecule has 124 valence electrons. The zero-order valence-corrected chi connectivity index (χ0v) is 13.9. The standard InChI is InChI=1S/C16H17N5O2S/c1-9-2-4-10(5-3-9)11(22)6-7-18-14-12-15(20-8-19-14)24-16(21-12)13(17)23/h2-5,8,11,22H,6-7H2,1H3,(H2,17,23)(H,18,19,20). The van der Waals surface area contributed by atoms with Crippen molar-refractivity contribution in [2.24, 2.45) is 5.73 Å². The van der Waals surface area contributed by atoms with E-state index in [4.69, 9.17) is 5.73 Å². The molecular formula is C16H17N5O2S. The van der Waals surface area contributed by atoms with Gasteiger partial charge in [0.2, 0.25) is 0 Å². The number of hydrogen-bond donors (Lipinski definition) is 3. The Labute approximate surface area is 142 Å². The molecule has 1 atom stereocenters. The number of primary amides is 1. The van der Waals surface area contributed by atoms with Crippen molar-refractivity contribution in [1.82, 2.24) is 15.0 Å². The third kappa shape index (κ3) is 3.50. The van der Waals surface area contributed by atoms with Gasteiger partial charge in [0, 0.05) is 6.54 Å². The number of rotatable bonds is 6. The summed E-state index contributed by atoms with van der Waals surface area (Å²) in [6.07, 6.45) is 1.36. The zero-order valence-electron chi connectivity index (χ0n) is 13.1. The van der Waals surface area contributed by atoms with Gasteiger partial charge in [-0.25, -0.2) is 15.0 Å². The van der Waals surface area contributed by atoms with Crippen LogP contribution in [0.5, 0.6) is 0 Å². The second kappa shape index (κ2) is 6.90. The number of aryl methyl sites for hydroxylation is 1. The van der Waals surface area contributed by atoms with Crippen LogP contribution in [0.3, 0.4) is 0 Å². The normalized spacial score (nSPS) is 12.2. The number of nitrogens with two attached hydrogens (primary N) is 1. The monoisotopic (exact) mass is 343 g/mol. The lowest BCUT2D eigenvalue weighted by molar-refractivity contribution is 0.1000. The van der Waals surface area contributed by atoms with Gasteiger partial charge in [0.25, 0.3) is 5.91 Å². The van der Waals surface area contributed by atoms with Crippen molar-refractivity contribution < 1.29 is 9.90 Å². The highest BCUT2D eigenvalue weighted by molar-refractivity contribution is 7.19. The van der Waals surface area contributed by atoms with Gasteiger partial charge in [0.05, 0.1) is 6.10 Å². The Morgan fingerprint density at radius 3 is 2.79 bits per heavy atom. The molecule has 0 bridgehead atoms. The summed E-state index contributed by atoms with van der Waals surface area (Å²) in [5.74, 6) is -0.0569. The molecule has 0 saturated carbocycles. The molecule has 7 nitrogen and oxygen atoms in total. The van der Waals surface area contributed by atoms with Crippen LogP contribution in [0.15, 0.2) is 30.6 Å². The lowest BCUT2D eigenvalue weighted by Gasteiger charge is -2.12. The number of fused-ring (bicyclic) bond motifs is 1. The third-order valence-corrected chi connectivity index (χ3v) is 4.56. The first kappa shape index (κ1) is 16.3. The number of carbonyl (C=O) groups is 1. The molecular weight excluding hydrogens is 326 g/mol. The molecule has 3 aromatic rings. The van der Waals surface area contributed by atoms with Crippen molar-refractivity contribution in [3.8, 4) is 0 Å². The Morgan fingerprint density at radius 1 is 1.33 bits per heavy atom. The summed E-state index contributed by atoms with van der Waals surface area (Å²) in [4.78, 5) is 24.2. The van der Waals surface area contributed by atoms with Crippen LogP contribution < -0.4 is 11.1 Å². The van der Waals surface area contributed by atoms with E-state index in [2.05, 4.69) is 20.3 Å². The number of aliphatic hydroxyl groups excluding tert-OH is 1. The van der Waals surface area contributed by atoms with Crippen molar-refractivity contribution in [3.63, 3.8) is 0 Å². The van der Waals surface area contributed by atoms with E-state index in [0.29, 0.717) is 29.1 Å². The molecule has 0 fully saturated rings. The maximum absolute atomic E-state index is 11.2. The third-order valence-electron chi connectivity index (χ3n) is 3.58. The lowest BCUT2D eigenvalue weighted by Crippen LogP contribution is -2.10. The molecule has 0 aliphatic rings. The number of aliphatic hydroxyl groups is 1. The van der Waals surface area contributed by atoms with Gasteiger partial charge in [-0.15, -0.1) is 0 Å². The van der Waals surface area contributed by atoms with Gasteiger partial charge in [0.15, 0.2) is 10.8 Å². The highest BCUT2D eigenvalue weighted by atomic mass is 32.1. The van der Waals surface area contributed by atoms with E-state index in [1.807, 2.05) is 31.2 Å². The Hall–Kier alpha value is -2.58. The van der Waals surface area contributed by atoms with E-state index >= 15 is 0 Å². The molecule has 2 heterocycles. The Bertz CT molecular complexity index is 863. The summed E-state index contributed by atoms with van der Waals surface area (Å²) in [7, 11) is 0. The minimum Gasteiger partial charge on any atom is -0.388 e. The molecule has 8 heteroatoms. The molecule has 2 aromatic heterocycles. The fraction of sp³-hybridized carbons (Fsp3) is 0.250. The predicted molar refractivity (Wildman–Crippen MR) is 93.0 cm³/mol. The van der Waals surface area contributed by atoms with Crippen LogP contribution in [-0.2, 0) is 0 Å². The van der Waals surface area contributed by atoms with Crippen LogP contribution in [-0.4, -0.2) is 32.5 Å². The largest absolute Gasteiger partial charge is 0.388 e. The molecule has 0 aliphatic carbocycles. The van der Waals surface area contributed by atoms with E-state index in [1.165, 1.54) is 6.33 Å². The first-order valence-electron chi connectivity index (χ1n) is 7.44. The van der Waals surface area contributed by atoms with Crippen LogP contribution in [0.25, 0.3) is 10.3 Å². The summed E-state index contributed by atoms with van der Waals surface area (Å²) in [6.45, 7) is 2.51. The summed E-state index contributed by atoms with van der Waals surface area (Å²) in [5, 5.41) is 13.6. The van der Waals surface area contributed by atoms with Crippen LogP contribution in [0, 0.1) is 6.92 Å². The number of hydrogen-bond acceptors (Lipinski definition) is 7. The van der Waals surface area contributed by atoms with Crippen LogP contribution in [0.1, 0.15) is 33.5 Å². The summed E-state index contributed by atoms with van der Waals surface area (Å²) in [6, 6.07) is 7.78. The first-order valence-corrected chi connectivity index (χ1v) is 8.26. The van der Waals surface area contributed by atoms with Crippen LogP contribution >= 0.6 is 11.3 Å². The quantitative estimate of drug-likeness (QED) is 0.631. The van der Waals surface area contributed by atoms with E-state index in [1.54, 1.807) is 0 Å². The molecule has 0 radical (unpaired) electrons. The topological polar surface area (TPSA) is 114 Å². The first-order chi connectivity index (χ1) is 11.5. The fourth-order valence-electron chi connectivity index (χ4n) is 2.27. The molecule has 0 saturated heterocycles. The maximum atomic E-state index is 11.2. The second-order valence-corrected chi connectivity index (χ2v) is 6.38. The van der Waals surface area contributed by atoms with Gasteiger partial charge in [-0.05, 0) is 18.9 Å². The van der Waals surface area contributed by atoms with Crippen molar-refractivity contribution in [2.45, 2.75) is 19.4 Å². The Kier molecular flexibility index (Phi) is 4.68. The van der Waals surface area contributed by atoms with Gasteiger partial charge in [-0.3, -0.25) is 4.79 Å². The van der Waals surface area contributed by atoms with Crippen molar-refractivity contribution in [2.75, 3.05) is 11.9 Å². The maximum Gasteiger partial charge on any atom is 0.277 e. The molecule has 24 heavy (non-hydrogen) atoms. The number of nitrogens with one attached hydrogen (secondary N) is 1. The highest BCUT2D eigenvalue weighted by Crippen LogP contribution is 2.24. The molecule has 1 unspecified atom stereocenters. The van der Waals surface area contributed by atoms with Gasteiger partial charge in [-0.2, -0.15) is 0 Å². The van der Waals surface area contributed by atoms with Crippen molar-refractivity contribution in [3.05, 3.63) is 46.7 Å². The van der Waals surface area contributed by atoms with Crippen molar-refractivity contribution in [1.29, 1.82) is 0 Å². The van der Waals surface area contributed by atoms with E-state index in [-0.39, 0.29) is 5.01 Å². The number of amides is 1. The average molecular weight is 343 g/mol. The molecule has 0 aliphatic heterocycles. The van der Waals surface area contributed by atoms with Gasteiger partial charge in [0.1, 0.15) is 16.7 Å². The molecule has 1 amide bonds. The number of thiazole rings is 1. The van der Waals surface area contributed by atoms with E-state index in [9.17, 15) is 9.90 Å². The van der Waals surface area contributed by atoms with E-state index < -0.39 is 12.0 Å². The highest BCUT2D eigenvalue weighted by Gasteiger charge is 2.14. The Balaban J connectivity index is 1.67. The number of benzene rings is 1. The Morgan fingerprint density at radius 2 is 2.08 bits per heavy atom. The van der Waals surface area contributed by atoms with Crippen molar-refractivity contribution >= 4 is 33.4 Å². The number of anilines is 1. The minimum atomic E-state index is -0.584. The van der Waals surface area contributed by atoms with Crippen LogP contribution in [0.4, 0.5) is 5.82 Å². The van der Waals surface area contributed by atoms with Gasteiger partial charge in [-0.1, -0.05) is 41.2 Å². The molecule has 3 rings (SSSR count). The fourth-order valence-corrected chi connectivity index (χ4v) is 3.03. The smallest absolute Gasteiger partial charge is 0.277 e. The number of carbonyl (C=O) groups excluding carboxylic acids is 1. The van der Waals surface area contributed by atoms with Gasteiger partial charge >= 0.3 is 0 Å². The predicted octanol–water partition coefficient (Wildman–Crippen LogP) is 2.03. The molecule has 4 N–H and O–H groups in total. The van der Waals surface area contributed by atoms with Gasteiger partial charge < -0.3 is 16.2 Å². The second-order valence-electron chi connectivity index (χ2n) is 5.40. The lowest BCUT2D eigenvalue weighted by atomic mass is 10.1. The number of nitrogens with zero attached hydrogens (tertiary/aromatic N) is 3. The average Bonchev–Trinajstić information content (AvgIpc) is 3.01. The minimum absolute atomic E-state index is 0.202. The summed E-state index contributed by atoms with van der Waals surface area (Å²) < 4.78 is 0. The molecule has 0 spiro atoms. The zero-order chi connectivity index (χ0) is 17.1. The number of aromatic nitrogens is 3. The summed E-state index contributed by atoms with van der Waals surface area (Å²) in [5.41, 5.74) is 7.79. The molecule has 1 aromatic carbocycles. The summed E-state index contributed by atoms with van der Waals surface area (Å²) >= 11 is 1.13. The van der Waals surface area contributed by atoms with Crippen LogP contribution in [0.2, 0.25) is 0 Å². The van der Waals surface area contributed by atoms with E-state index in [0.717, 1.165) is 22.5 Å². The SMILES string of the molecule is Cc1ccc(C(O)CCNc2ncnc3sc(C(N)=O)nc23)cc1.